The summed E-state index contributed by atoms with van der Waals surface area (Å²) >= 11 is 6.87. The van der Waals surface area contributed by atoms with Gasteiger partial charge in [-0.2, -0.15) is 4.39 Å². The van der Waals surface area contributed by atoms with Gasteiger partial charge >= 0.3 is 0 Å². The van der Waals surface area contributed by atoms with Crippen LogP contribution in [0.25, 0.3) is 0 Å². The van der Waals surface area contributed by atoms with Gasteiger partial charge in [-0.1, -0.05) is 29.0 Å². The van der Waals surface area contributed by atoms with Crippen LogP contribution in [-0.4, -0.2) is 26.8 Å². The number of aryl methyl sites for hydroxylation is 1. The molecule has 32 heavy (non-hydrogen) atoms. The van der Waals surface area contributed by atoms with E-state index in [0.29, 0.717) is 21.7 Å². The number of amidine groups is 1. The van der Waals surface area contributed by atoms with Gasteiger partial charge in [0.15, 0.2) is 0 Å². The minimum atomic E-state index is -0.707. The number of halogens is 2. The minimum Gasteiger partial charge on any atom is -0.508 e. The number of hydrogen-bond acceptors (Lipinski definition) is 7. The third-order valence-corrected chi connectivity index (χ3v) is 5.57. The van der Waals surface area contributed by atoms with Gasteiger partial charge in [0, 0.05) is 23.5 Å². The molecule has 0 fully saturated rings. The number of amides is 1. The largest absolute Gasteiger partial charge is 0.508 e. The molecule has 8 nitrogen and oxygen atoms in total. The Morgan fingerprint density at radius 3 is 2.81 bits per heavy atom. The van der Waals surface area contributed by atoms with Gasteiger partial charge in [-0.25, -0.2) is 15.0 Å². The molecule has 2 heterocycles. The van der Waals surface area contributed by atoms with Crippen LogP contribution in [0.15, 0.2) is 47.4 Å². The molecule has 0 spiro atoms. The van der Waals surface area contributed by atoms with Crippen LogP contribution in [0.3, 0.4) is 0 Å². The number of aromatic hydroxyl groups is 1. The first-order valence-electron chi connectivity index (χ1n) is 9.31. The van der Waals surface area contributed by atoms with Crippen LogP contribution < -0.4 is 16.4 Å². The molecule has 0 aliphatic carbocycles. The lowest BCUT2D eigenvalue weighted by Crippen LogP contribution is -2.13. The maximum absolute atomic E-state index is 13.7. The first-order valence-corrected chi connectivity index (χ1v) is 10.5. The highest BCUT2D eigenvalue weighted by Gasteiger charge is 2.15. The molecule has 11 heteroatoms. The number of nitrogens with two attached hydrogens (primary N) is 1. The zero-order chi connectivity index (χ0) is 23.4. The van der Waals surface area contributed by atoms with Crippen LogP contribution in [-0.2, 0) is 0 Å². The fraction of sp³-hybridized carbons (Fsp3) is 0.143. The quantitative estimate of drug-likeness (QED) is 0.228. The monoisotopic (exact) mass is 474 g/mol. The van der Waals surface area contributed by atoms with E-state index in [2.05, 4.69) is 25.6 Å². The Balaban J connectivity index is 1.72. The number of phenols is 1. The summed E-state index contributed by atoms with van der Waals surface area (Å²) in [5.74, 6) is -0.856. The van der Waals surface area contributed by atoms with E-state index >= 15 is 0 Å². The van der Waals surface area contributed by atoms with Gasteiger partial charge in [0.05, 0.1) is 22.6 Å². The third-order valence-electron chi connectivity index (χ3n) is 4.47. The molecular weight excluding hydrogens is 455 g/mol. The molecular formula is C21H20ClFN6O2S. The van der Waals surface area contributed by atoms with Crippen molar-refractivity contribution in [3.05, 3.63) is 69.3 Å². The van der Waals surface area contributed by atoms with E-state index in [4.69, 9.17) is 17.3 Å². The smallest absolute Gasteiger partial charge is 0.267 e. The Labute approximate surface area is 192 Å². The molecule has 0 radical (unpaired) electrons. The van der Waals surface area contributed by atoms with Crippen molar-refractivity contribution in [2.45, 2.75) is 20.8 Å². The Kier molecular flexibility index (Phi) is 7.06. The number of aromatic nitrogens is 2. The maximum Gasteiger partial charge on any atom is 0.267 e. The number of carbonyl (C=O) groups excluding carboxylic acids is 1. The molecule has 3 aromatic rings. The predicted octanol–water partition coefficient (Wildman–Crippen LogP) is 4.91. The Hall–Kier alpha value is -3.50. The van der Waals surface area contributed by atoms with Crippen LogP contribution >= 0.6 is 22.9 Å². The summed E-state index contributed by atoms with van der Waals surface area (Å²) < 4.78 is 13.7. The first kappa shape index (κ1) is 23.2. The number of carbonyl (C=O) groups is 1. The third kappa shape index (κ3) is 5.40. The normalized spacial score (nSPS) is 12.0. The van der Waals surface area contributed by atoms with Crippen molar-refractivity contribution in [2.75, 3.05) is 10.6 Å². The van der Waals surface area contributed by atoms with Crippen molar-refractivity contribution >= 4 is 51.2 Å². The van der Waals surface area contributed by atoms with Gasteiger partial charge in [0.25, 0.3) is 5.91 Å². The number of thiazole rings is 1. The number of benzene rings is 1. The lowest BCUT2D eigenvalue weighted by molar-refractivity contribution is 0.103. The molecule has 0 aliphatic rings. The maximum atomic E-state index is 13.7. The molecule has 2 aromatic heterocycles. The van der Waals surface area contributed by atoms with Crippen LogP contribution in [0.1, 0.15) is 27.7 Å². The average Bonchev–Trinajstić information content (AvgIpc) is 3.22. The summed E-state index contributed by atoms with van der Waals surface area (Å²) in [7, 11) is 0. The van der Waals surface area contributed by atoms with Crippen molar-refractivity contribution in [1.29, 1.82) is 0 Å². The van der Waals surface area contributed by atoms with Crippen molar-refractivity contribution in [3.8, 4) is 5.75 Å². The van der Waals surface area contributed by atoms with Gasteiger partial charge in [0.1, 0.15) is 16.5 Å². The van der Waals surface area contributed by atoms with Crippen LogP contribution in [0.5, 0.6) is 5.75 Å². The standard InChI is InChI=1S/C21H20ClFN6O2S/c1-10-4-5-15(30)12(3)17(10)28-20(31)16-9-27-21(32-16)29-19(24)11(2)7-25-14-6-13(22)8-26-18(14)23/h4-9,25,30H,1-3H3,(H,28,31)(H2,24,27,29)/b11-7-. The van der Waals surface area contributed by atoms with E-state index in [1.54, 1.807) is 26.0 Å². The molecule has 1 amide bonds. The molecule has 166 valence electrons. The summed E-state index contributed by atoms with van der Waals surface area (Å²) in [5.41, 5.74) is 8.53. The lowest BCUT2D eigenvalue weighted by atomic mass is 10.1. The summed E-state index contributed by atoms with van der Waals surface area (Å²) in [6.45, 7) is 5.23. The predicted molar refractivity (Wildman–Crippen MR) is 126 cm³/mol. The van der Waals surface area contributed by atoms with Crippen LogP contribution in [0.2, 0.25) is 5.02 Å². The highest BCUT2D eigenvalue weighted by molar-refractivity contribution is 7.17. The zero-order valence-corrected chi connectivity index (χ0v) is 19.0. The molecule has 0 aliphatic heterocycles. The molecule has 0 atom stereocenters. The van der Waals surface area contributed by atoms with Crippen LogP contribution in [0, 0.1) is 19.8 Å². The number of rotatable bonds is 6. The Morgan fingerprint density at radius 2 is 2.06 bits per heavy atom. The summed E-state index contributed by atoms with van der Waals surface area (Å²) in [6.07, 6.45) is 4.06. The first-order chi connectivity index (χ1) is 15.2. The number of phenolic OH excluding ortho intramolecular Hbond substituents is 1. The van der Waals surface area contributed by atoms with E-state index in [-0.39, 0.29) is 33.3 Å². The zero-order valence-electron chi connectivity index (χ0n) is 17.4. The van der Waals surface area contributed by atoms with Gasteiger partial charge < -0.3 is 21.5 Å². The highest BCUT2D eigenvalue weighted by Crippen LogP contribution is 2.29. The van der Waals surface area contributed by atoms with Crippen molar-refractivity contribution in [2.24, 2.45) is 10.7 Å². The summed E-state index contributed by atoms with van der Waals surface area (Å²) in [5, 5.41) is 16.0. The van der Waals surface area contributed by atoms with E-state index in [1.165, 1.54) is 24.7 Å². The van der Waals surface area contributed by atoms with Crippen molar-refractivity contribution < 1.29 is 14.3 Å². The molecule has 3 rings (SSSR count). The van der Waals surface area contributed by atoms with E-state index in [9.17, 15) is 14.3 Å². The second-order valence-corrected chi connectivity index (χ2v) is 8.27. The second-order valence-electron chi connectivity index (χ2n) is 6.82. The molecule has 1 aromatic carbocycles. The number of anilines is 2. The van der Waals surface area contributed by atoms with E-state index in [1.807, 2.05) is 6.92 Å². The van der Waals surface area contributed by atoms with E-state index in [0.717, 1.165) is 16.9 Å². The average molecular weight is 475 g/mol. The number of hydrogen-bond donors (Lipinski definition) is 4. The minimum absolute atomic E-state index is 0.0930. The Morgan fingerprint density at radius 1 is 1.31 bits per heavy atom. The molecule has 0 bridgehead atoms. The van der Waals surface area contributed by atoms with Crippen molar-refractivity contribution in [3.63, 3.8) is 0 Å². The highest BCUT2D eigenvalue weighted by atomic mass is 35.5. The second kappa shape index (κ2) is 9.75. The van der Waals surface area contributed by atoms with Gasteiger partial charge in [-0.3, -0.25) is 4.79 Å². The number of aliphatic imine (C=N–C) groups is 1. The lowest BCUT2D eigenvalue weighted by Gasteiger charge is -2.11. The topological polar surface area (TPSA) is 126 Å². The molecule has 5 N–H and O–H groups in total. The molecule has 0 unspecified atom stereocenters. The number of pyridine rings is 1. The summed E-state index contributed by atoms with van der Waals surface area (Å²) in [4.78, 5) is 24.8. The fourth-order valence-electron chi connectivity index (χ4n) is 2.60. The SMILES string of the molecule is CC(=C/Nc1cc(Cl)cnc1F)/C(N)=N\c1ncc(C(=O)Nc2c(C)ccc(O)c2C)s1. The van der Waals surface area contributed by atoms with Gasteiger partial charge in [0.2, 0.25) is 11.1 Å². The molecule has 0 saturated carbocycles. The fourth-order valence-corrected chi connectivity index (χ4v) is 3.45. The number of nitrogens with one attached hydrogen (secondary N) is 2. The van der Waals surface area contributed by atoms with Gasteiger partial charge in [-0.15, -0.1) is 0 Å². The summed E-state index contributed by atoms with van der Waals surface area (Å²) in [6, 6.07) is 4.68. The number of nitrogens with zero attached hydrogens (tertiary/aromatic N) is 3. The van der Waals surface area contributed by atoms with Gasteiger partial charge in [-0.05, 0) is 38.5 Å². The molecule has 0 saturated heterocycles. The Bertz CT molecular complexity index is 1240. The van der Waals surface area contributed by atoms with E-state index < -0.39 is 5.95 Å². The van der Waals surface area contributed by atoms with Crippen molar-refractivity contribution in [1.82, 2.24) is 9.97 Å². The van der Waals surface area contributed by atoms with Crippen LogP contribution in [0.4, 0.5) is 20.9 Å².